The topological polar surface area (TPSA) is 78.9 Å². The molecule has 6 heteroatoms. The Kier molecular flexibility index (Phi) is 41.0. The summed E-state index contributed by atoms with van der Waals surface area (Å²) in [6, 6.07) is 136. The Morgan fingerprint density at radius 3 is 0.463 bits per heavy atom. The van der Waals surface area contributed by atoms with E-state index >= 15 is 0 Å². The quantitative estimate of drug-likeness (QED) is 0.0322. The van der Waals surface area contributed by atoms with Crippen molar-refractivity contribution < 1.29 is 28.6 Å². The van der Waals surface area contributed by atoms with Crippen LogP contribution in [0.3, 0.4) is 0 Å². The zero-order valence-corrected chi connectivity index (χ0v) is 94.0. The Morgan fingerprint density at radius 1 is 0.184 bits per heavy atom. The highest BCUT2D eigenvalue weighted by Crippen LogP contribution is 2.51. The van der Waals surface area contributed by atoms with Crippen molar-refractivity contribution in [1.29, 1.82) is 0 Å². The molecule has 0 aliphatic rings. The van der Waals surface area contributed by atoms with Crippen LogP contribution in [0.5, 0.6) is 0 Å². The first-order valence-electron chi connectivity index (χ1n) is 52.7. The van der Waals surface area contributed by atoms with Crippen LogP contribution in [0.25, 0.3) is 0 Å². The molecular formula is C141H170O6. The van der Waals surface area contributed by atoms with Crippen molar-refractivity contribution in [2.75, 3.05) is 0 Å². The summed E-state index contributed by atoms with van der Waals surface area (Å²) in [6.45, 7) is 64.5. The molecule has 0 aromatic heterocycles. The van der Waals surface area contributed by atoms with E-state index in [-0.39, 0.29) is 58.4 Å². The third-order valence-corrected chi connectivity index (χ3v) is 28.9. The van der Waals surface area contributed by atoms with Crippen molar-refractivity contribution in [3.8, 4) is 0 Å². The van der Waals surface area contributed by atoms with Crippen molar-refractivity contribution in [3.63, 3.8) is 0 Å². The van der Waals surface area contributed by atoms with Gasteiger partial charge in [0.05, 0.1) is 0 Å². The zero-order valence-electron chi connectivity index (χ0n) is 94.0. The molecule has 147 heavy (non-hydrogen) atoms. The summed E-state index contributed by atoms with van der Waals surface area (Å²) in [4.78, 5) is 31.8. The van der Waals surface area contributed by atoms with E-state index in [0.717, 1.165) is 25.7 Å². The number of ether oxygens (including phenoxy) is 3. The normalized spacial score (nSPS) is 11.7. The van der Waals surface area contributed by atoms with Gasteiger partial charge >= 0.3 is 17.9 Å². The molecule has 0 heterocycles. The molecule has 0 unspecified atom stereocenters. The first kappa shape index (κ1) is 117. The highest BCUT2D eigenvalue weighted by Gasteiger charge is 2.42. The molecule has 0 spiro atoms. The lowest BCUT2D eigenvalue weighted by molar-refractivity contribution is -0.155. The van der Waals surface area contributed by atoms with Gasteiger partial charge in [-0.15, -0.1) is 0 Å². The molecule has 0 atom stereocenters. The number of benzene rings is 15. The summed E-state index contributed by atoms with van der Waals surface area (Å²) >= 11 is 0. The van der Waals surface area contributed by atoms with E-state index in [4.69, 9.17) is 14.2 Å². The molecule has 0 saturated heterocycles. The molecule has 15 aromatic carbocycles. The third-order valence-electron chi connectivity index (χ3n) is 28.9. The molecule has 0 bridgehead atoms. The minimum Gasteiger partial charge on any atom is -0.460 e. The molecule has 15 aromatic rings. The Bertz CT molecular complexity index is 6010. The predicted molar refractivity (Wildman–Crippen MR) is 625 cm³/mol. The summed E-state index contributed by atoms with van der Waals surface area (Å²) < 4.78 is 14.8. The lowest BCUT2D eigenvalue weighted by Gasteiger charge is -2.39. The molecule has 0 amide bonds. The van der Waals surface area contributed by atoms with Crippen LogP contribution in [0.4, 0.5) is 0 Å². The lowest BCUT2D eigenvalue weighted by atomic mass is 9.63. The Balaban J connectivity index is 0.000000223. The fourth-order valence-electron chi connectivity index (χ4n) is 19.0. The van der Waals surface area contributed by atoms with E-state index in [1.807, 2.05) is 62.3 Å². The van der Waals surface area contributed by atoms with Crippen molar-refractivity contribution in [3.05, 3.63) is 530 Å². The number of aryl methyl sites for hydroxylation is 15. The highest BCUT2D eigenvalue weighted by molar-refractivity contribution is 5.70. The summed E-state index contributed by atoms with van der Waals surface area (Å²) in [5.41, 5.74) is 37.9. The second-order valence-corrected chi connectivity index (χ2v) is 44.9. The highest BCUT2D eigenvalue weighted by atomic mass is 16.6. The van der Waals surface area contributed by atoms with Crippen LogP contribution >= 0.6 is 0 Å². The Morgan fingerprint density at radius 2 is 0.313 bits per heavy atom. The molecule has 0 aliphatic heterocycles. The zero-order chi connectivity index (χ0) is 107. The number of hydrogen-bond acceptors (Lipinski definition) is 6. The molecule has 0 N–H and O–H groups in total. The van der Waals surface area contributed by atoms with E-state index in [0.29, 0.717) is 19.3 Å². The molecular weight excluding hydrogens is 1790 g/mol. The lowest BCUT2D eigenvalue weighted by Crippen LogP contribution is -2.32. The fourth-order valence-corrected chi connectivity index (χ4v) is 19.0. The molecule has 0 radical (unpaired) electrons. The summed E-state index contributed by atoms with van der Waals surface area (Å²) in [7, 11) is 0. The standard InChI is InChI=1S/C54H54.C33H36.C32H34.3C7H14O2.CH4/c1-37-10-22-43(23-11-37)52(7,44-24-12-38(2)13-25-44)49-34-50(53(8,45-26-14-39(3)15-27-45)46-28-16-40(4)17-29-46)36-51(35-49)54(9,47-30-18-41(5)19-31-47)48-32-20-42(6)21-33-48;1-25-5-13-29(14-6-25)21-23-33(31-17-9-27(3)10-18-31,32-19-11-28(4)12-20-32)24-22-30-15-7-26(2)8-16-30;1-23-7-13-26(14-8-23)31(4,5)27-19-21-30(22-20-27)32(6,28-15-9-24(2)10-16-28)29-17-11-25(3)12-18-29;3*1-5-6(8)9-7(2,3)4;/h10-36H,1-9H3;5-20H,21-24H2,1-4H3;7-22H,1-6H3;3*5H2,1-4H3;1H4. The van der Waals surface area contributed by atoms with E-state index in [9.17, 15) is 14.4 Å². The van der Waals surface area contributed by atoms with E-state index in [1.165, 1.54) is 172 Å². The molecule has 0 fully saturated rings. The maximum absolute atomic E-state index is 10.6. The average Bonchev–Trinajstić information content (AvgIpc) is 0.720. The Hall–Kier alpha value is -13.3. The fraction of sp³-hybridized carbons (Fsp3) is 0.340. The molecule has 6 nitrogen and oxygen atoms in total. The summed E-state index contributed by atoms with van der Waals surface area (Å²) in [6.07, 6.45) is 5.68. The van der Waals surface area contributed by atoms with Gasteiger partial charge in [-0.1, -0.05) is 472 Å². The van der Waals surface area contributed by atoms with Crippen molar-refractivity contribution >= 4 is 17.9 Å². The van der Waals surface area contributed by atoms with Gasteiger partial charge in [-0.2, -0.15) is 0 Å². The molecule has 770 valence electrons. The number of esters is 3. The second-order valence-electron chi connectivity index (χ2n) is 44.9. The second kappa shape index (κ2) is 51.4. The smallest absolute Gasteiger partial charge is 0.306 e. The van der Waals surface area contributed by atoms with Crippen LogP contribution in [-0.2, 0) is 73.9 Å². The van der Waals surface area contributed by atoms with Gasteiger partial charge in [-0.3, -0.25) is 14.4 Å². The van der Waals surface area contributed by atoms with Gasteiger partial charge in [0.1, 0.15) is 16.8 Å². The van der Waals surface area contributed by atoms with Gasteiger partial charge in [0.2, 0.25) is 0 Å². The van der Waals surface area contributed by atoms with Crippen LogP contribution in [0, 0.1) is 90.0 Å². The summed E-state index contributed by atoms with van der Waals surface area (Å²) in [5, 5.41) is 0. The first-order valence-corrected chi connectivity index (χ1v) is 52.7. The van der Waals surface area contributed by atoms with E-state index in [1.54, 1.807) is 20.8 Å². The molecule has 0 aliphatic carbocycles. The largest absolute Gasteiger partial charge is 0.460 e. The van der Waals surface area contributed by atoms with Crippen LogP contribution in [0.15, 0.2) is 358 Å². The number of hydrogen-bond donors (Lipinski definition) is 0. The number of carbonyl (C=O) groups excluding carboxylic acids is 3. The maximum atomic E-state index is 10.6. The van der Waals surface area contributed by atoms with Gasteiger partial charge < -0.3 is 14.2 Å². The van der Waals surface area contributed by atoms with Crippen LogP contribution in [-0.4, -0.2) is 34.7 Å². The SMILES string of the molecule is C.CCC(=O)OC(C)(C)C.CCC(=O)OC(C)(C)C.CCC(=O)OC(C)(C)C.Cc1ccc(C(C)(C)c2ccc(C(C)(c3ccc(C)cc3)c3ccc(C)cc3)cc2)cc1.Cc1ccc(C(C)(c2ccc(C)cc2)c2cc(C(C)(c3ccc(C)cc3)c3ccc(C)cc3)cc(C(C)(c3ccc(C)cc3)c3ccc(C)cc3)c2)cc1.Cc1ccc(CCC(CCc2ccc(C)cc2)(c2ccc(C)cc2)c2ccc(C)cc2)cc1. The average molecular weight is 1960 g/mol. The molecule has 0 saturated carbocycles. The van der Waals surface area contributed by atoms with Crippen LogP contribution < -0.4 is 0 Å². The van der Waals surface area contributed by atoms with Crippen molar-refractivity contribution in [2.24, 2.45) is 0 Å². The van der Waals surface area contributed by atoms with Gasteiger partial charge in [0.25, 0.3) is 0 Å². The minimum atomic E-state index is -0.449. The number of carbonyl (C=O) groups is 3. The van der Waals surface area contributed by atoms with Crippen molar-refractivity contribution in [2.45, 2.75) is 316 Å². The van der Waals surface area contributed by atoms with Gasteiger partial charge in [-0.05, 0) is 306 Å². The van der Waals surface area contributed by atoms with Gasteiger partial charge in [0, 0.05) is 51.8 Å². The number of rotatable bonds is 25. The third kappa shape index (κ3) is 31.6. The van der Waals surface area contributed by atoms with Gasteiger partial charge in [-0.25, -0.2) is 0 Å². The summed E-state index contributed by atoms with van der Waals surface area (Å²) in [5.74, 6) is -0.410. The minimum absolute atomic E-state index is 0. The van der Waals surface area contributed by atoms with E-state index in [2.05, 4.69) is 489 Å². The Labute approximate surface area is 887 Å². The van der Waals surface area contributed by atoms with Crippen molar-refractivity contribution in [1.82, 2.24) is 0 Å². The van der Waals surface area contributed by atoms with Crippen LogP contribution in [0.1, 0.15) is 337 Å². The van der Waals surface area contributed by atoms with E-state index < -0.39 is 16.2 Å². The monoisotopic (exact) mass is 1960 g/mol. The first-order chi connectivity index (χ1) is 68.8. The maximum Gasteiger partial charge on any atom is 0.306 e. The van der Waals surface area contributed by atoms with Gasteiger partial charge in [0.15, 0.2) is 0 Å². The molecule has 15 rings (SSSR count). The van der Waals surface area contributed by atoms with Crippen LogP contribution in [0.2, 0.25) is 0 Å². The predicted octanol–water partition coefficient (Wildman–Crippen LogP) is 36.2.